The van der Waals surface area contributed by atoms with Crippen molar-refractivity contribution in [3.8, 4) is 0 Å². The van der Waals surface area contributed by atoms with Gasteiger partial charge in [-0.25, -0.2) is 0 Å². The number of hydrogen-bond acceptors (Lipinski definition) is 2. The van der Waals surface area contributed by atoms with Crippen LogP contribution in [0.5, 0.6) is 0 Å². The van der Waals surface area contributed by atoms with Crippen molar-refractivity contribution < 1.29 is 9.90 Å². The van der Waals surface area contributed by atoms with Gasteiger partial charge in [0, 0.05) is 12.6 Å². The maximum Gasteiger partial charge on any atom is 0.310 e. The summed E-state index contributed by atoms with van der Waals surface area (Å²) in [5.74, 6) is -0.778. The standard InChI is InChI=1S/C13H19NO2/c1-10(11-7-5-4-6-8-11)14-9-13(2,3)12(15)16/h4-8,10,14H,9H2,1-3H3,(H,15,16)/t10-/m0/s1. The van der Waals surface area contributed by atoms with E-state index < -0.39 is 11.4 Å². The van der Waals surface area contributed by atoms with Crippen LogP contribution in [0.3, 0.4) is 0 Å². The van der Waals surface area contributed by atoms with Crippen LogP contribution in [0.2, 0.25) is 0 Å². The molecule has 0 heterocycles. The number of carboxylic acid groups (broad SMARTS) is 1. The molecule has 0 aromatic heterocycles. The second kappa shape index (κ2) is 5.12. The highest BCUT2D eigenvalue weighted by Crippen LogP contribution is 2.17. The van der Waals surface area contributed by atoms with Gasteiger partial charge in [-0.05, 0) is 26.3 Å². The van der Waals surface area contributed by atoms with Crippen LogP contribution in [-0.4, -0.2) is 17.6 Å². The molecule has 3 nitrogen and oxygen atoms in total. The highest BCUT2D eigenvalue weighted by Gasteiger charge is 2.27. The Balaban J connectivity index is 2.54. The summed E-state index contributed by atoms with van der Waals surface area (Å²) in [7, 11) is 0. The van der Waals surface area contributed by atoms with E-state index in [4.69, 9.17) is 5.11 Å². The predicted molar refractivity (Wildman–Crippen MR) is 64.3 cm³/mol. The van der Waals surface area contributed by atoms with E-state index in [1.165, 1.54) is 5.56 Å². The van der Waals surface area contributed by atoms with Crippen molar-refractivity contribution in [3.63, 3.8) is 0 Å². The lowest BCUT2D eigenvalue weighted by molar-refractivity contribution is -0.146. The first-order chi connectivity index (χ1) is 7.43. The maximum atomic E-state index is 10.9. The van der Waals surface area contributed by atoms with Crippen LogP contribution in [0.1, 0.15) is 32.4 Å². The number of rotatable bonds is 5. The zero-order valence-corrected chi connectivity index (χ0v) is 10.0. The van der Waals surface area contributed by atoms with Crippen molar-refractivity contribution in [1.29, 1.82) is 0 Å². The molecule has 1 rings (SSSR count). The Morgan fingerprint density at radius 3 is 2.44 bits per heavy atom. The average molecular weight is 221 g/mol. The maximum absolute atomic E-state index is 10.9. The molecule has 88 valence electrons. The molecular formula is C13H19NO2. The Hall–Kier alpha value is -1.35. The molecule has 0 aliphatic carbocycles. The van der Waals surface area contributed by atoms with Gasteiger partial charge in [-0.2, -0.15) is 0 Å². The van der Waals surface area contributed by atoms with Gasteiger partial charge < -0.3 is 10.4 Å². The summed E-state index contributed by atoms with van der Waals surface area (Å²) in [5, 5.41) is 12.2. The number of carbonyl (C=O) groups is 1. The normalized spacial score (nSPS) is 13.4. The molecule has 0 fully saturated rings. The smallest absolute Gasteiger partial charge is 0.310 e. The Kier molecular flexibility index (Phi) is 4.07. The first-order valence-electron chi connectivity index (χ1n) is 5.45. The van der Waals surface area contributed by atoms with Gasteiger partial charge in [-0.15, -0.1) is 0 Å². The molecule has 0 radical (unpaired) electrons. The lowest BCUT2D eigenvalue weighted by Gasteiger charge is -2.23. The average Bonchev–Trinajstić information content (AvgIpc) is 2.27. The molecule has 16 heavy (non-hydrogen) atoms. The first-order valence-corrected chi connectivity index (χ1v) is 5.45. The monoisotopic (exact) mass is 221 g/mol. The molecular weight excluding hydrogens is 202 g/mol. The Morgan fingerprint density at radius 2 is 1.94 bits per heavy atom. The van der Waals surface area contributed by atoms with Gasteiger partial charge in [0.1, 0.15) is 0 Å². The molecule has 0 amide bonds. The highest BCUT2D eigenvalue weighted by atomic mass is 16.4. The van der Waals surface area contributed by atoms with E-state index in [1.807, 2.05) is 37.3 Å². The van der Waals surface area contributed by atoms with E-state index in [0.717, 1.165) is 0 Å². The number of hydrogen-bond donors (Lipinski definition) is 2. The molecule has 3 heteroatoms. The second-order valence-electron chi connectivity index (χ2n) is 4.70. The van der Waals surface area contributed by atoms with Crippen LogP contribution in [0.25, 0.3) is 0 Å². The molecule has 0 saturated heterocycles. The SMILES string of the molecule is C[C@H](NCC(C)(C)C(=O)O)c1ccccc1. The lowest BCUT2D eigenvalue weighted by Crippen LogP contribution is -2.37. The van der Waals surface area contributed by atoms with Gasteiger partial charge >= 0.3 is 5.97 Å². The lowest BCUT2D eigenvalue weighted by atomic mass is 9.93. The van der Waals surface area contributed by atoms with Gasteiger partial charge in [-0.3, -0.25) is 4.79 Å². The van der Waals surface area contributed by atoms with E-state index >= 15 is 0 Å². The number of nitrogens with one attached hydrogen (secondary N) is 1. The van der Waals surface area contributed by atoms with Crippen LogP contribution in [0.15, 0.2) is 30.3 Å². The van der Waals surface area contributed by atoms with Gasteiger partial charge in [0.25, 0.3) is 0 Å². The van der Waals surface area contributed by atoms with Crippen molar-refractivity contribution in [2.45, 2.75) is 26.8 Å². The topological polar surface area (TPSA) is 49.3 Å². The molecule has 0 bridgehead atoms. The van der Waals surface area contributed by atoms with Gasteiger partial charge in [-0.1, -0.05) is 30.3 Å². The zero-order chi connectivity index (χ0) is 12.2. The number of benzene rings is 1. The fraction of sp³-hybridized carbons (Fsp3) is 0.462. The third-order valence-electron chi connectivity index (χ3n) is 2.73. The molecule has 1 aromatic carbocycles. The molecule has 1 atom stereocenters. The van der Waals surface area contributed by atoms with Gasteiger partial charge in [0.2, 0.25) is 0 Å². The fourth-order valence-corrected chi connectivity index (χ4v) is 1.34. The molecule has 1 aromatic rings. The molecule has 2 N–H and O–H groups in total. The van der Waals surface area contributed by atoms with Crippen molar-refractivity contribution in [3.05, 3.63) is 35.9 Å². The Morgan fingerprint density at radius 1 is 1.38 bits per heavy atom. The summed E-state index contributed by atoms with van der Waals surface area (Å²) in [6.45, 7) is 5.94. The summed E-state index contributed by atoms with van der Waals surface area (Å²) < 4.78 is 0. The van der Waals surface area contributed by atoms with Crippen molar-refractivity contribution in [2.75, 3.05) is 6.54 Å². The van der Waals surface area contributed by atoms with E-state index in [0.29, 0.717) is 6.54 Å². The van der Waals surface area contributed by atoms with Crippen LogP contribution in [-0.2, 0) is 4.79 Å². The summed E-state index contributed by atoms with van der Waals surface area (Å²) >= 11 is 0. The fourth-order valence-electron chi connectivity index (χ4n) is 1.34. The van der Waals surface area contributed by atoms with E-state index in [-0.39, 0.29) is 6.04 Å². The number of carboxylic acids is 1. The molecule has 0 unspecified atom stereocenters. The summed E-state index contributed by atoms with van der Waals surface area (Å²) in [4.78, 5) is 10.9. The van der Waals surface area contributed by atoms with Crippen LogP contribution in [0.4, 0.5) is 0 Å². The highest BCUT2D eigenvalue weighted by molar-refractivity contribution is 5.73. The largest absolute Gasteiger partial charge is 0.481 e. The third kappa shape index (κ3) is 3.35. The van der Waals surface area contributed by atoms with Gasteiger partial charge in [0.15, 0.2) is 0 Å². The van der Waals surface area contributed by atoms with Crippen LogP contribution >= 0.6 is 0 Å². The summed E-state index contributed by atoms with van der Waals surface area (Å²) in [6.07, 6.45) is 0. The Bertz CT molecular complexity index is 346. The zero-order valence-electron chi connectivity index (χ0n) is 10.0. The predicted octanol–water partition coefficient (Wildman–Crippen LogP) is 2.45. The minimum atomic E-state index is -0.778. The first kappa shape index (κ1) is 12.7. The van der Waals surface area contributed by atoms with Crippen molar-refractivity contribution >= 4 is 5.97 Å². The van der Waals surface area contributed by atoms with Crippen molar-refractivity contribution in [1.82, 2.24) is 5.32 Å². The molecule has 0 spiro atoms. The van der Waals surface area contributed by atoms with Crippen molar-refractivity contribution in [2.24, 2.45) is 5.41 Å². The third-order valence-corrected chi connectivity index (χ3v) is 2.73. The van der Waals surface area contributed by atoms with E-state index in [1.54, 1.807) is 13.8 Å². The minimum absolute atomic E-state index is 0.167. The van der Waals surface area contributed by atoms with Crippen LogP contribution < -0.4 is 5.32 Å². The molecule has 0 saturated carbocycles. The number of aliphatic carboxylic acids is 1. The van der Waals surface area contributed by atoms with E-state index in [2.05, 4.69) is 5.32 Å². The van der Waals surface area contributed by atoms with Gasteiger partial charge in [0.05, 0.1) is 5.41 Å². The van der Waals surface area contributed by atoms with Crippen LogP contribution in [0, 0.1) is 5.41 Å². The molecule has 0 aliphatic heterocycles. The second-order valence-corrected chi connectivity index (χ2v) is 4.70. The summed E-state index contributed by atoms with van der Waals surface area (Å²) in [6, 6.07) is 10.2. The Labute approximate surface area is 96.5 Å². The minimum Gasteiger partial charge on any atom is -0.481 e. The molecule has 0 aliphatic rings. The van der Waals surface area contributed by atoms with E-state index in [9.17, 15) is 4.79 Å². The quantitative estimate of drug-likeness (QED) is 0.803. The summed E-state index contributed by atoms with van der Waals surface area (Å²) in [5.41, 5.74) is 0.437.